The van der Waals surface area contributed by atoms with Crippen LogP contribution in [0.2, 0.25) is 0 Å². The molecule has 10 heteroatoms. The van der Waals surface area contributed by atoms with Gasteiger partial charge in [-0.2, -0.15) is 5.10 Å². The molecule has 0 radical (unpaired) electrons. The van der Waals surface area contributed by atoms with Crippen LogP contribution in [0.5, 0.6) is 11.5 Å². The van der Waals surface area contributed by atoms with Crippen molar-refractivity contribution in [1.82, 2.24) is 5.43 Å². The number of nitrogens with two attached hydrogens (primary N) is 1. The third-order valence-corrected chi connectivity index (χ3v) is 4.88. The highest BCUT2D eigenvalue weighted by atomic mass is 32.2. The molecule has 1 amide bonds. The minimum atomic E-state index is -3.83. The third kappa shape index (κ3) is 3.97. The maximum atomic E-state index is 12.2. The van der Waals surface area contributed by atoms with Crippen LogP contribution in [0.1, 0.15) is 5.56 Å². The zero-order valence-corrected chi connectivity index (χ0v) is 15.9. The SMILES string of the molecule is COc1ccc(C2=NNC(=O)/C2=C\Nc2cccc(S(N)(=O)=O)c2)cc1OC. The maximum absolute atomic E-state index is 12.2. The van der Waals surface area contributed by atoms with Crippen molar-refractivity contribution in [3.05, 3.63) is 59.8 Å². The lowest BCUT2D eigenvalue weighted by molar-refractivity contribution is -0.116. The van der Waals surface area contributed by atoms with Crippen LogP contribution in [0.25, 0.3) is 0 Å². The van der Waals surface area contributed by atoms with Crippen LogP contribution >= 0.6 is 0 Å². The molecule has 1 aliphatic rings. The summed E-state index contributed by atoms with van der Waals surface area (Å²) >= 11 is 0. The average Bonchev–Trinajstić information content (AvgIpc) is 3.05. The van der Waals surface area contributed by atoms with Crippen LogP contribution in [0, 0.1) is 0 Å². The Labute approximate surface area is 161 Å². The van der Waals surface area contributed by atoms with Crippen molar-refractivity contribution in [2.45, 2.75) is 4.90 Å². The van der Waals surface area contributed by atoms with Gasteiger partial charge in [-0.15, -0.1) is 0 Å². The van der Waals surface area contributed by atoms with Crippen LogP contribution in [0.4, 0.5) is 5.69 Å². The first kappa shape index (κ1) is 19.4. The van der Waals surface area contributed by atoms with E-state index in [2.05, 4.69) is 15.8 Å². The number of primary sulfonamides is 1. The van der Waals surface area contributed by atoms with Crippen molar-refractivity contribution in [2.75, 3.05) is 19.5 Å². The zero-order valence-electron chi connectivity index (χ0n) is 15.1. The Morgan fingerprint density at radius 2 is 1.86 bits per heavy atom. The predicted octanol–water partition coefficient (Wildman–Crippen LogP) is 1.18. The minimum Gasteiger partial charge on any atom is -0.493 e. The van der Waals surface area contributed by atoms with Crippen molar-refractivity contribution < 1.29 is 22.7 Å². The van der Waals surface area contributed by atoms with E-state index in [1.54, 1.807) is 30.3 Å². The van der Waals surface area contributed by atoms with Gasteiger partial charge in [0.05, 0.1) is 24.7 Å². The van der Waals surface area contributed by atoms with Gasteiger partial charge in [-0.25, -0.2) is 19.0 Å². The molecule has 0 aliphatic carbocycles. The number of hydrogen-bond acceptors (Lipinski definition) is 7. The van der Waals surface area contributed by atoms with Gasteiger partial charge in [0.2, 0.25) is 10.0 Å². The molecule has 2 aromatic rings. The van der Waals surface area contributed by atoms with E-state index >= 15 is 0 Å². The fourth-order valence-electron chi connectivity index (χ4n) is 2.59. The lowest BCUT2D eigenvalue weighted by Crippen LogP contribution is -2.15. The number of carbonyl (C=O) groups excluding carboxylic acids is 1. The largest absolute Gasteiger partial charge is 0.493 e. The number of amides is 1. The molecule has 3 rings (SSSR count). The van der Waals surface area contributed by atoms with Crippen LogP contribution in [-0.2, 0) is 14.8 Å². The highest BCUT2D eigenvalue weighted by Gasteiger charge is 2.25. The van der Waals surface area contributed by atoms with Crippen LogP contribution in [0.3, 0.4) is 0 Å². The van der Waals surface area contributed by atoms with Crippen molar-refractivity contribution in [1.29, 1.82) is 0 Å². The number of benzene rings is 2. The summed E-state index contributed by atoms with van der Waals surface area (Å²) in [5.41, 5.74) is 4.17. The van der Waals surface area contributed by atoms with E-state index in [0.717, 1.165) is 0 Å². The van der Waals surface area contributed by atoms with Crippen LogP contribution < -0.4 is 25.4 Å². The second-order valence-electron chi connectivity index (χ2n) is 5.75. The lowest BCUT2D eigenvalue weighted by atomic mass is 10.0. The number of carbonyl (C=O) groups is 1. The Kier molecular flexibility index (Phi) is 5.34. The second kappa shape index (κ2) is 7.71. The fraction of sp³-hybridized carbons (Fsp3) is 0.111. The molecule has 4 N–H and O–H groups in total. The molecule has 2 aromatic carbocycles. The molecule has 0 saturated carbocycles. The number of nitrogens with zero attached hydrogens (tertiary/aromatic N) is 1. The molecule has 0 bridgehead atoms. The van der Waals surface area contributed by atoms with Crippen molar-refractivity contribution in [2.24, 2.45) is 10.2 Å². The van der Waals surface area contributed by atoms with Crippen LogP contribution in [-0.4, -0.2) is 34.3 Å². The first-order chi connectivity index (χ1) is 13.3. The number of anilines is 1. The van der Waals surface area contributed by atoms with Crippen molar-refractivity contribution in [3.63, 3.8) is 0 Å². The van der Waals surface area contributed by atoms with Gasteiger partial charge < -0.3 is 14.8 Å². The smallest absolute Gasteiger partial charge is 0.275 e. The van der Waals surface area contributed by atoms with E-state index in [1.165, 1.54) is 32.6 Å². The van der Waals surface area contributed by atoms with Gasteiger partial charge in [-0.05, 0) is 36.4 Å². The normalized spacial score (nSPS) is 15.2. The Morgan fingerprint density at radius 1 is 1.11 bits per heavy atom. The summed E-state index contributed by atoms with van der Waals surface area (Å²) in [6.07, 6.45) is 1.44. The Balaban J connectivity index is 1.91. The van der Waals surface area contributed by atoms with Gasteiger partial charge in [0.25, 0.3) is 5.91 Å². The summed E-state index contributed by atoms with van der Waals surface area (Å²) in [6.45, 7) is 0. The monoisotopic (exact) mass is 402 g/mol. The molecule has 1 aliphatic heterocycles. The second-order valence-corrected chi connectivity index (χ2v) is 7.31. The molecule has 0 saturated heterocycles. The molecule has 0 atom stereocenters. The summed E-state index contributed by atoms with van der Waals surface area (Å²) in [5, 5.41) is 12.1. The van der Waals surface area contributed by atoms with Gasteiger partial charge >= 0.3 is 0 Å². The number of hydrogen-bond donors (Lipinski definition) is 3. The van der Waals surface area contributed by atoms with E-state index in [4.69, 9.17) is 14.6 Å². The number of sulfonamides is 1. The number of methoxy groups -OCH3 is 2. The molecule has 0 spiro atoms. The number of nitrogens with one attached hydrogen (secondary N) is 2. The molecule has 1 heterocycles. The Bertz CT molecular complexity index is 1090. The number of rotatable bonds is 6. The highest BCUT2D eigenvalue weighted by molar-refractivity contribution is 7.89. The van der Waals surface area contributed by atoms with Gasteiger partial charge in [0, 0.05) is 17.5 Å². The molecule has 9 nitrogen and oxygen atoms in total. The van der Waals surface area contributed by atoms with Gasteiger partial charge in [0.15, 0.2) is 11.5 Å². The number of ether oxygens (including phenoxy) is 2. The van der Waals surface area contributed by atoms with Crippen LogP contribution in [0.15, 0.2) is 64.2 Å². The summed E-state index contributed by atoms with van der Waals surface area (Å²) in [7, 11) is -0.790. The zero-order chi connectivity index (χ0) is 20.3. The maximum Gasteiger partial charge on any atom is 0.275 e. The molecule has 0 aromatic heterocycles. The summed E-state index contributed by atoms with van der Waals surface area (Å²) < 4.78 is 33.4. The van der Waals surface area contributed by atoms with Crippen molar-refractivity contribution in [3.8, 4) is 11.5 Å². The average molecular weight is 402 g/mol. The fourth-order valence-corrected chi connectivity index (χ4v) is 3.15. The first-order valence-electron chi connectivity index (χ1n) is 8.04. The minimum absolute atomic E-state index is 0.0412. The predicted molar refractivity (Wildman–Crippen MR) is 104 cm³/mol. The molecule has 0 unspecified atom stereocenters. The standard InChI is InChI=1S/C18H18N4O5S/c1-26-15-7-6-11(8-16(15)27-2)17-14(18(23)22-21-17)10-20-12-4-3-5-13(9-12)28(19,24)25/h3-10,20H,1-2H3,(H,22,23)(H2,19,24,25)/b14-10-. The molecule has 146 valence electrons. The first-order valence-corrected chi connectivity index (χ1v) is 9.58. The highest BCUT2D eigenvalue weighted by Crippen LogP contribution is 2.29. The molecular formula is C18H18N4O5S. The van der Waals surface area contributed by atoms with Gasteiger partial charge in [-0.1, -0.05) is 6.07 Å². The quantitative estimate of drug-likeness (QED) is 0.622. The van der Waals surface area contributed by atoms with Gasteiger partial charge in [0.1, 0.15) is 5.71 Å². The van der Waals surface area contributed by atoms with E-state index in [9.17, 15) is 13.2 Å². The van der Waals surface area contributed by atoms with E-state index in [-0.39, 0.29) is 10.5 Å². The molecular weight excluding hydrogens is 384 g/mol. The van der Waals surface area contributed by atoms with E-state index in [1.807, 2.05) is 0 Å². The van der Waals surface area contributed by atoms with E-state index in [0.29, 0.717) is 28.5 Å². The number of hydrazone groups is 1. The topological polar surface area (TPSA) is 132 Å². The molecule has 28 heavy (non-hydrogen) atoms. The Morgan fingerprint density at radius 3 is 2.54 bits per heavy atom. The Hall–Kier alpha value is -3.37. The van der Waals surface area contributed by atoms with Gasteiger partial charge in [-0.3, -0.25) is 4.79 Å². The summed E-state index contributed by atoms with van der Waals surface area (Å²) in [4.78, 5) is 12.1. The molecule has 0 fully saturated rings. The summed E-state index contributed by atoms with van der Waals surface area (Å²) in [5.74, 6) is 0.641. The lowest BCUT2D eigenvalue weighted by Gasteiger charge is -2.10. The third-order valence-electron chi connectivity index (χ3n) is 3.97. The van der Waals surface area contributed by atoms with Crippen molar-refractivity contribution >= 4 is 27.3 Å². The summed E-state index contributed by atoms with van der Waals surface area (Å²) in [6, 6.07) is 11.1. The van der Waals surface area contributed by atoms with E-state index < -0.39 is 15.9 Å².